The molecule has 3 N–H and O–H groups in total. The minimum atomic E-state index is -0.111. The summed E-state index contributed by atoms with van der Waals surface area (Å²) in [7, 11) is 0. The molecule has 6 heteroatoms. The number of nitrogens with one attached hydrogen (secondary N) is 1. The van der Waals surface area contributed by atoms with Crippen molar-refractivity contribution in [2.75, 3.05) is 5.43 Å². The smallest absolute Gasteiger partial charge is 0.229 e. The van der Waals surface area contributed by atoms with Crippen LogP contribution in [0.1, 0.15) is 25.3 Å². The Labute approximate surface area is 105 Å². The van der Waals surface area contributed by atoms with E-state index in [1.54, 1.807) is 18.3 Å². The quantitative estimate of drug-likeness (QED) is 0.466. The molecule has 0 saturated carbocycles. The molecule has 2 amide bonds. The summed E-state index contributed by atoms with van der Waals surface area (Å²) in [5.74, 6) is 5.68. The number of pyridine rings is 1. The number of rotatable bonds is 3. The van der Waals surface area contributed by atoms with Crippen LogP contribution in [0.5, 0.6) is 0 Å². The Kier molecular flexibility index (Phi) is 3.57. The summed E-state index contributed by atoms with van der Waals surface area (Å²) in [5.41, 5.74) is 3.23. The Balaban J connectivity index is 2.07. The number of piperidine rings is 1. The maximum Gasteiger partial charge on any atom is 0.229 e. The highest BCUT2D eigenvalue weighted by atomic mass is 16.2. The molecule has 1 aliphatic heterocycles. The van der Waals surface area contributed by atoms with Crippen molar-refractivity contribution in [3.63, 3.8) is 0 Å². The molecule has 0 spiro atoms. The summed E-state index contributed by atoms with van der Waals surface area (Å²) >= 11 is 0. The van der Waals surface area contributed by atoms with E-state index in [-0.39, 0.29) is 24.3 Å². The van der Waals surface area contributed by atoms with Crippen molar-refractivity contribution in [2.45, 2.75) is 26.3 Å². The Morgan fingerprint density at radius 1 is 1.39 bits per heavy atom. The third kappa shape index (κ3) is 2.65. The largest absolute Gasteiger partial charge is 0.308 e. The monoisotopic (exact) mass is 248 g/mol. The topological polar surface area (TPSA) is 88.3 Å². The Hall–Kier alpha value is -1.95. The van der Waals surface area contributed by atoms with Gasteiger partial charge >= 0.3 is 0 Å². The minimum Gasteiger partial charge on any atom is -0.308 e. The summed E-state index contributed by atoms with van der Waals surface area (Å²) in [4.78, 5) is 28.9. The number of nitrogen functional groups attached to an aromatic ring is 1. The third-order valence-corrected chi connectivity index (χ3v) is 2.96. The van der Waals surface area contributed by atoms with Gasteiger partial charge in [-0.1, -0.05) is 13.0 Å². The van der Waals surface area contributed by atoms with Crippen molar-refractivity contribution in [3.05, 3.63) is 23.9 Å². The summed E-state index contributed by atoms with van der Waals surface area (Å²) in [6.45, 7) is 2.19. The molecule has 18 heavy (non-hydrogen) atoms. The van der Waals surface area contributed by atoms with Crippen LogP contribution in [0.15, 0.2) is 18.3 Å². The number of hydrogen-bond donors (Lipinski definition) is 2. The molecule has 1 fully saturated rings. The number of carbonyl (C=O) groups excluding carboxylic acids is 2. The van der Waals surface area contributed by atoms with E-state index < -0.39 is 0 Å². The van der Waals surface area contributed by atoms with Gasteiger partial charge in [0.1, 0.15) is 5.82 Å². The van der Waals surface area contributed by atoms with Gasteiger partial charge in [0.2, 0.25) is 11.8 Å². The first-order valence-corrected chi connectivity index (χ1v) is 5.85. The number of likely N-dealkylation sites (tertiary alicyclic amines) is 1. The van der Waals surface area contributed by atoms with Crippen molar-refractivity contribution >= 4 is 17.6 Å². The molecule has 96 valence electrons. The van der Waals surface area contributed by atoms with Crippen molar-refractivity contribution in [3.8, 4) is 0 Å². The average Bonchev–Trinajstić information content (AvgIpc) is 2.34. The molecule has 0 radical (unpaired) electrons. The van der Waals surface area contributed by atoms with Crippen LogP contribution < -0.4 is 11.3 Å². The average molecular weight is 248 g/mol. The van der Waals surface area contributed by atoms with Gasteiger partial charge in [0, 0.05) is 19.0 Å². The molecule has 1 aromatic rings. The maximum absolute atomic E-state index is 11.8. The first-order valence-electron chi connectivity index (χ1n) is 5.85. The Bertz CT molecular complexity index is 440. The van der Waals surface area contributed by atoms with Gasteiger partial charge in [0.05, 0.1) is 6.54 Å². The molecule has 0 aliphatic carbocycles. The number of nitrogens with two attached hydrogens (primary N) is 1. The summed E-state index contributed by atoms with van der Waals surface area (Å²) < 4.78 is 0. The molecule has 0 unspecified atom stereocenters. The number of nitrogens with zero attached hydrogens (tertiary/aromatic N) is 2. The second-order valence-electron chi connectivity index (χ2n) is 4.58. The molecule has 6 nitrogen and oxygen atoms in total. The van der Waals surface area contributed by atoms with Crippen LogP contribution in [0.2, 0.25) is 0 Å². The zero-order valence-corrected chi connectivity index (χ0v) is 10.2. The van der Waals surface area contributed by atoms with E-state index in [1.807, 2.05) is 6.92 Å². The van der Waals surface area contributed by atoms with Gasteiger partial charge in [-0.25, -0.2) is 10.8 Å². The zero-order valence-electron chi connectivity index (χ0n) is 10.2. The fourth-order valence-electron chi connectivity index (χ4n) is 1.99. The van der Waals surface area contributed by atoms with Crippen molar-refractivity contribution in [1.29, 1.82) is 0 Å². The van der Waals surface area contributed by atoms with Gasteiger partial charge < -0.3 is 5.43 Å². The molecule has 0 bridgehead atoms. The lowest BCUT2D eigenvalue weighted by molar-refractivity contribution is -0.150. The zero-order chi connectivity index (χ0) is 13.1. The van der Waals surface area contributed by atoms with Crippen molar-refractivity contribution in [1.82, 2.24) is 9.88 Å². The predicted molar refractivity (Wildman–Crippen MR) is 66.0 cm³/mol. The van der Waals surface area contributed by atoms with E-state index >= 15 is 0 Å². The summed E-state index contributed by atoms with van der Waals surface area (Å²) in [6, 6.07) is 3.50. The first-order chi connectivity index (χ1) is 8.60. The highest BCUT2D eigenvalue weighted by molar-refractivity contribution is 5.97. The molecule has 1 saturated heterocycles. The highest BCUT2D eigenvalue weighted by Crippen LogP contribution is 2.20. The Morgan fingerprint density at radius 2 is 2.06 bits per heavy atom. The van der Waals surface area contributed by atoms with Crippen molar-refractivity contribution < 1.29 is 9.59 Å². The van der Waals surface area contributed by atoms with Gasteiger partial charge in [0.25, 0.3) is 0 Å². The van der Waals surface area contributed by atoms with E-state index in [1.165, 1.54) is 4.90 Å². The van der Waals surface area contributed by atoms with Gasteiger partial charge in [-0.3, -0.25) is 14.5 Å². The van der Waals surface area contributed by atoms with Crippen LogP contribution in [0, 0.1) is 5.92 Å². The van der Waals surface area contributed by atoms with Crippen molar-refractivity contribution in [2.24, 2.45) is 11.8 Å². The van der Waals surface area contributed by atoms with Gasteiger partial charge in [-0.15, -0.1) is 0 Å². The number of aromatic nitrogens is 1. The third-order valence-electron chi connectivity index (χ3n) is 2.96. The SMILES string of the molecule is CC1CC(=O)N(Cc2ccc(NN)nc2)C(=O)C1. The van der Waals surface area contributed by atoms with Crippen LogP contribution in [0.3, 0.4) is 0 Å². The van der Waals surface area contributed by atoms with Crippen LogP contribution in [-0.2, 0) is 16.1 Å². The number of imide groups is 1. The minimum absolute atomic E-state index is 0.111. The van der Waals surface area contributed by atoms with E-state index in [0.29, 0.717) is 18.7 Å². The van der Waals surface area contributed by atoms with Crippen LogP contribution in [0.4, 0.5) is 5.82 Å². The number of hydrogen-bond acceptors (Lipinski definition) is 5. The molecule has 0 aromatic carbocycles. The molecular weight excluding hydrogens is 232 g/mol. The summed E-state index contributed by atoms with van der Waals surface area (Å²) in [6.07, 6.45) is 2.47. The van der Waals surface area contributed by atoms with Crippen LogP contribution in [-0.4, -0.2) is 21.7 Å². The molecule has 1 aliphatic rings. The number of carbonyl (C=O) groups is 2. The van der Waals surface area contributed by atoms with E-state index in [0.717, 1.165) is 5.56 Å². The highest BCUT2D eigenvalue weighted by Gasteiger charge is 2.30. The van der Waals surface area contributed by atoms with Gasteiger partial charge in [-0.05, 0) is 17.5 Å². The second-order valence-corrected chi connectivity index (χ2v) is 4.58. The standard InChI is InChI=1S/C12H16N4O2/c1-8-4-11(17)16(12(18)5-8)7-9-2-3-10(15-13)14-6-9/h2-3,6,8H,4-5,7,13H2,1H3,(H,14,15). The summed E-state index contributed by atoms with van der Waals surface area (Å²) in [5, 5.41) is 0. The molecule has 1 aromatic heterocycles. The predicted octanol–water partition coefficient (Wildman–Crippen LogP) is 0.652. The van der Waals surface area contributed by atoms with Crippen LogP contribution >= 0.6 is 0 Å². The maximum atomic E-state index is 11.8. The van der Waals surface area contributed by atoms with E-state index in [2.05, 4.69) is 10.4 Å². The van der Waals surface area contributed by atoms with E-state index in [4.69, 9.17) is 5.84 Å². The fraction of sp³-hybridized carbons (Fsp3) is 0.417. The fourth-order valence-corrected chi connectivity index (χ4v) is 1.99. The number of amides is 2. The van der Waals surface area contributed by atoms with Crippen LogP contribution in [0.25, 0.3) is 0 Å². The molecule has 2 rings (SSSR count). The van der Waals surface area contributed by atoms with Gasteiger partial charge in [0.15, 0.2) is 0 Å². The number of hydrazine groups is 1. The number of anilines is 1. The second kappa shape index (κ2) is 5.14. The normalized spacial score (nSPS) is 17.1. The van der Waals surface area contributed by atoms with E-state index in [9.17, 15) is 9.59 Å². The lowest BCUT2D eigenvalue weighted by atomic mass is 9.97. The molecule has 0 atom stereocenters. The lowest BCUT2D eigenvalue weighted by Gasteiger charge is -2.28. The first kappa shape index (κ1) is 12.5. The Morgan fingerprint density at radius 3 is 2.56 bits per heavy atom. The lowest BCUT2D eigenvalue weighted by Crippen LogP contribution is -2.42. The molecular formula is C12H16N4O2. The van der Waals surface area contributed by atoms with Gasteiger partial charge in [-0.2, -0.15) is 0 Å². The molecule has 2 heterocycles.